The number of rotatable bonds is 22. The standard InChI is InChI=1S/C35H55FN4O7/c1-8-22(6)32(38-29(43)18-24-12-14-26(36)15-13-24)28(42)19-25(11-9-10-16-37)34(45)39-30(20(2)3)27(41)17-23(7)33(44)40-31(21(4)5)35(46)47/h12-15,20-23,25,30-32H,8-11,16-19,37H2,1-7H3,(H,38,43)(H,39,45)(H,40,44)(H,46,47)/t22?,23-,25-,30+,31+,32+/m1/s1. The molecule has 0 radical (unpaired) electrons. The zero-order valence-electron chi connectivity index (χ0n) is 28.9. The number of halogens is 1. The number of benzene rings is 1. The molecule has 3 amide bonds. The average molecular weight is 663 g/mol. The van der Waals surface area contributed by atoms with Gasteiger partial charge in [0.1, 0.15) is 11.9 Å². The van der Waals surface area contributed by atoms with Crippen LogP contribution in [0, 0.1) is 35.4 Å². The van der Waals surface area contributed by atoms with E-state index in [1.165, 1.54) is 31.2 Å². The average Bonchev–Trinajstić information content (AvgIpc) is 3.00. The van der Waals surface area contributed by atoms with Gasteiger partial charge in [-0.2, -0.15) is 0 Å². The fourth-order valence-electron chi connectivity index (χ4n) is 5.24. The van der Waals surface area contributed by atoms with Gasteiger partial charge in [0.05, 0.1) is 18.5 Å². The lowest BCUT2D eigenvalue weighted by Gasteiger charge is -2.28. The molecule has 0 bridgehead atoms. The monoisotopic (exact) mass is 662 g/mol. The Balaban J connectivity index is 3.07. The first-order valence-corrected chi connectivity index (χ1v) is 16.6. The van der Waals surface area contributed by atoms with E-state index in [9.17, 15) is 38.3 Å². The Bertz CT molecular complexity index is 1200. The number of carbonyl (C=O) groups is 6. The quantitative estimate of drug-likeness (QED) is 0.117. The van der Waals surface area contributed by atoms with Crippen molar-refractivity contribution in [2.45, 2.75) is 112 Å². The van der Waals surface area contributed by atoms with Crippen molar-refractivity contribution in [3.63, 3.8) is 0 Å². The first-order valence-electron chi connectivity index (χ1n) is 16.6. The summed E-state index contributed by atoms with van der Waals surface area (Å²) >= 11 is 0. The van der Waals surface area contributed by atoms with Crippen LogP contribution in [0.15, 0.2) is 24.3 Å². The van der Waals surface area contributed by atoms with E-state index in [0.717, 1.165) is 0 Å². The number of hydrogen-bond acceptors (Lipinski definition) is 7. The van der Waals surface area contributed by atoms with Gasteiger partial charge in [0, 0.05) is 24.7 Å². The Morgan fingerprint density at radius 3 is 1.83 bits per heavy atom. The molecule has 0 aliphatic carbocycles. The molecule has 0 aliphatic rings. The molecule has 6 atom stereocenters. The van der Waals surface area contributed by atoms with Crippen LogP contribution in [0.4, 0.5) is 4.39 Å². The molecule has 0 fully saturated rings. The maximum absolute atomic E-state index is 13.7. The lowest BCUT2D eigenvalue weighted by Crippen LogP contribution is -2.50. The Morgan fingerprint density at radius 2 is 1.32 bits per heavy atom. The van der Waals surface area contributed by atoms with Gasteiger partial charge in [0.25, 0.3) is 0 Å². The van der Waals surface area contributed by atoms with Crippen molar-refractivity contribution in [2.24, 2.45) is 35.3 Å². The predicted octanol–water partition coefficient (Wildman–Crippen LogP) is 3.57. The number of nitrogens with one attached hydrogen (secondary N) is 3. The van der Waals surface area contributed by atoms with Crippen LogP contribution in [0.3, 0.4) is 0 Å². The number of carboxylic acids is 1. The molecule has 0 aliphatic heterocycles. The van der Waals surface area contributed by atoms with Gasteiger partial charge in [-0.15, -0.1) is 0 Å². The van der Waals surface area contributed by atoms with E-state index < -0.39 is 59.5 Å². The van der Waals surface area contributed by atoms with Crippen molar-refractivity contribution in [3.05, 3.63) is 35.6 Å². The number of Topliss-reactive ketones (excluding diaryl/α,β-unsaturated/α-hetero) is 2. The highest BCUT2D eigenvalue weighted by atomic mass is 19.1. The van der Waals surface area contributed by atoms with E-state index in [4.69, 9.17) is 5.73 Å². The maximum atomic E-state index is 13.7. The van der Waals surface area contributed by atoms with Gasteiger partial charge in [-0.1, -0.05) is 73.4 Å². The summed E-state index contributed by atoms with van der Waals surface area (Å²) in [5.41, 5.74) is 6.27. The number of hydrogen-bond donors (Lipinski definition) is 5. The molecule has 0 heterocycles. The van der Waals surface area contributed by atoms with Gasteiger partial charge < -0.3 is 26.8 Å². The molecule has 1 aromatic rings. The Labute approximate surface area is 278 Å². The van der Waals surface area contributed by atoms with Crippen molar-refractivity contribution < 1.29 is 38.3 Å². The molecule has 1 unspecified atom stereocenters. The molecule has 1 rings (SSSR count). The minimum Gasteiger partial charge on any atom is -0.480 e. The number of unbranched alkanes of at least 4 members (excludes halogenated alkanes) is 1. The van der Waals surface area contributed by atoms with Crippen molar-refractivity contribution in [3.8, 4) is 0 Å². The molecule has 0 aromatic heterocycles. The lowest BCUT2D eigenvalue weighted by molar-refractivity contribution is -0.144. The first-order chi connectivity index (χ1) is 22.0. The molecular weight excluding hydrogens is 607 g/mol. The van der Waals surface area contributed by atoms with Crippen molar-refractivity contribution in [2.75, 3.05) is 6.54 Å². The highest BCUT2D eigenvalue weighted by Gasteiger charge is 2.34. The molecular formula is C35H55FN4O7. The van der Waals surface area contributed by atoms with Crippen LogP contribution in [-0.4, -0.2) is 65.0 Å². The summed E-state index contributed by atoms with van der Waals surface area (Å²) in [4.78, 5) is 77.8. The summed E-state index contributed by atoms with van der Waals surface area (Å²) in [6.45, 7) is 12.5. The summed E-state index contributed by atoms with van der Waals surface area (Å²) in [5, 5.41) is 17.5. The van der Waals surface area contributed by atoms with E-state index in [0.29, 0.717) is 37.8 Å². The molecule has 0 spiro atoms. The highest BCUT2D eigenvalue weighted by molar-refractivity contribution is 5.96. The maximum Gasteiger partial charge on any atom is 0.326 e. The summed E-state index contributed by atoms with van der Waals surface area (Å²) in [6, 6.07) is 2.65. The number of nitrogens with two attached hydrogens (primary N) is 1. The zero-order valence-corrected chi connectivity index (χ0v) is 28.9. The summed E-state index contributed by atoms with van der Waals surface area (Å²) in [7, 11) is 0. The van der Waals surface area contributed by atoms with E-state index in [2.05, 4.69) is 16.0 Å². The van der Waals surface area contributed by atoms with E-state index in [-0.39, 0.29) is 48.6 Å². The molecule has 12 heteroatoms. The first kappa shape index (κ1) is 41.4. The number of carboxylic acid groups (broad SMARTS) is 1. The van der Waals surface area contributed by atoms with Gasteiger partial charge >= 0.3 is 5.97 Å². The predicted molar refractivity (Wildman–Crippen MR) is 177 cm³/mol. The number of amides is 3. The topological polar surface area (TPSA) is 185 Å². The third kappa shape index (κ3) is 14.3. The van der Waals surface area contributed by atoms with Crippen LogP contribution in [-0.2, 0) is 35.2 Å². The SMILES string of the molecule is CCC(C)[C@H](NC(=O)Cc1ccc(F)cc1)C(=O)C[C@@H](CCCCN)C(=O)N[C@H](C(=O)C[C@@H](C)C(=O)N[C@H](C(=O)O)C(C)C)C(C)C. The van der Waals surface area contributed by atoms with Crippen LogP contribution in [0.2, 0.25) is 0 Å². The second-order valence-corrected chi connectivity index (χ2v) is 13.3. The number of ketones is 2. The van der Waals surface area contributed by atoms with Crippen LogP contribution in [0.1, 0.15) is 92.6 Å². The van der Waals surface area contributed by atoms with Gasteiger partial charge in [-0.05, 0) is 54.8 Å². The minimum atomic E-state index is -1.17. The summed E-state index contributed by atoms with van der Waals surface area (Å²) < 4.78 is 13.3. The molecule has 6 N–H and O–H groups in total. The molecule has 0 saturated heterocycles. The van der Waals surface area contributed by atoms with Crippen molar-refractivity contribution in [1.29, 1.82) is 0 Å². The molecule has 11 nitrogen and oxygen atoms in total. The summed E-state index contributed by atoms with van der Waals surface area (Å²) in [6.07, 6.45) is 1.73. The van der Waals surface area contributed by atoms with Crippen LogP contribution in [0.5, 0.6) is 0 Å². The minimum absolute atomic E-state index is 0.0377. The Hall–Kier alpha value is -3.67. The highest BCUT2D eigenvalue weighted by Crippen LogP contribution is 2.21. The fourth-order valence-corrected chi connectivity index (χ4v) is 5.24. The largest absolute Gasteiger partial charge is 0.480 e. The molecule has 0 saturated carbocycles. The number of carbonyl (C=O) groups excluding carboxylic acids is 5. The van der Waals surface area contributed by atoms with Crippen LogP contribution in [0.25, 0.3) is 0 Å². The van der Waals surface area contributed by atoms with Gasteiger partial charge in [-0.3, -0.25) is 24.0 Å². The Kier molecular flexibility index (Phi) is 18.1. The third-order valence-electron chi connectivity index (χ3n) is 8.48. The third-order valence-corrected chi connectivity index (χ3v) is 8.48. The van der Waals surface area contributed by atoms with E-state index in [1.54, 1.807) is 27.7 Å². The second-order valence-electron chi connectivity index (χ2n) is 13.3. The smallest absolute Gasteiger partial charge is 0.326 e. The lowest BCUT2D eigenvalue weighted by atomic mass is 9.86. The number of aliphatic carboxylic acids is 1. The molecule has 264 valence electrons. The fraction of sp³-hybridized carbons (Fsp3) is 0.657. The van der Waals surface area contributed by atoms with Crippen molar-refractivity contribution >= 4 is 35.3 Å². The van der Waals surface area contributed by atoms with Gasteiger partial charge in [0.15, 0.2) is 11.6 Å². The molecule has 47 heavy (non-hydrogen) atoms. The van der Waals surface area contributed by atoms with Crippen LogP contribution >= 0.6 is 0 Å². The summed E-state index contributed by atoms with van der Waals surface area (Å²) in [5.74, 6) is -6.26. The second kappa shape index (κ2) is 20.5. The molecule has 1 aromatic carbocycles. The van der Waals surface area contributed by atoms with Gasteiger partial charge in [-0.25, -0.2) is 9.18 Å². The van der Waals surface area contributed by atoms with Crippen LogP contribution < -0.4 is 21.7 Å². The normalized spacial score (nSPS) is 15.2. The van der Waals surface area contributed by atoms with E-state index in [1.807, 2.05) is 13.8 Å². The van der Waals surface area contributed by atoms with Crippen molar-refractivity contribution in [1.82, 2.24) is 16.0 Å². The Morgan fingerprint density at radius 1 is 0.766 bits per heavy atom. The van der Waals surface area contributed by atoms with E-state index >= 15 is 0 Å². The van der Waals surface area contributed by atoms with Gasteiger partial charge in [0.2, 0.25) is 17.7 Å². The zero-order chi connectivity index (χ0) is 35.8.